The highest BCUT2D eigenvalue weighted by molar-refractivity contribution is 5.79. The summed E-state index contributed by atoms with van der Waals surface area (Å²) in [6, 6.07) is 6.17. The average Bonchev–Trinajstić information content (AvgIpc) is 3.15. The summed E-state index contributed by atoms with van der Waals surface area (Å²) in [6.07, 6.45) is 2.17. The van der Waals surface area contributed by atoms with Crippen LogP contribution in [0.15, 0.2) is 23.2 Å². The van der Waals surface area contributed by atoms with E-state index in [9.17, 15) is 0 Å². The summed E-state index contributed by atoms with van der Waals surface area (Å²) in [6.45, 7) is 12.8. The van der Waals surface area contributed by atoms with Gasteiger partial charge in [-0.15, -0.1) is 0 Å². The highest BCUT2D eigenvalue weighted by atomic mass is 16.5. The summed E-state index contributed by atoms with van der Waals surface area (Å²) >= 11 is 0. The largest absolute Gasteiger partial charge is 0.490 e. The minimum Gasteiger partial charge on any atom is -0.490 e. The Hall–Kier alpha value is -1.95. The van der Waals surface area contributed by atoms with Crippen LogP contribution < -0.4 is 20.1 Å². The van der Waals surface area contributed by atoms with E-state index in [-0.39, 0.29) is 0 Å². The van der Waals surface area contributed by atoms with Crippen molar-refractivity contribution in [3.63, 3.8) is 0 Å². The number of aliphatic imine (C=N–C) groups is 1. The van der Waals surface area contributed by atoms with Gasteiger partial charge in [0.25, 0.3) is 0 Å². The Morgan fingerprint density at radius 3 is 2.59 bits per heavy atom. The van der Waals surface area contributed by atoms with Gasteiger partial charge in [0.15, 0.2) is 17.5 Å². The molecule has 1 atom stereocenters. The molecule has 1 aliphatic heterocycles. The van der Waals surface area contributed by atoms with Crippen LogP contribution in [0.1, 0.15) is 32.8 Å². The zero-order valence-corrected chi connectivity index (χ0v) is 17.4. The third kappa shape index (κ3) is 6.94. The summed E-state index contributed by atoms with van der Waals surface area (Å²) in [4.78, 5) is 6.85. The molecule has 2 rings (SSSR count). The van der Waals surface area contributed by atoms with Crippen molar-refractivity contribution in [3.05, 3.63) is 23.8 Å². The van der Waals surface area contributed by atoms with Gasteiger partial charge in [-0.1, -0.05) is 13.0 Å². The molecule has 6 nitrogen and oxygen atoms in total. The number of guanidine groups is 1. The molecule has 0 bridgehead atoms. The number of hydrogen-bond donors (Lipinski definition) is 2. The second-order valence-electron chi connectivity index (χ2n) is 6.82. The van der Waals surface area contributed by atoms with Gasteiger partial charge in [-0.25, -0.2) is 0 Å². The van der Waals surface area contributed by atoms with Gasteiger partial charge in [0.05, 0.1) is 13.2 Å². The number of nitrogens with zero attached hydrogens (tertiary/aromatic N) is 2. The minimum absolute atomic E-state index is 0.634. The van der Waals surface area contributed by atoms with Gasteiger partial charge in [-0.3, -0.25) is 4.99 Å². The normalized spacial score (nSPS) is 17.8. The molecule has 1 saturated heterocycles. The Labute approximate surface area is 164 Å². The molecule has 152 valence electrons. The summed E-state index contributed by atoms with van der Waals surface area (Å²) in [5.74, 6) is 3.22. The molecule has 1 heterocycles. The van der Waals surface area contributed by atoms with Crippen LogP contribution >= 0.6 is 0 Å². The fraction of sp³-hybridized carbons (Fsp3) is 0.667. The molecule has 2 N–H and O–H groups in total. The van der Waals surface area contributed by atoms with Crippen LogP contribution in [0.2, 0.25) is 0 Å². The first-order valence-electron chi connectivity index (χ1n) is 10.2. The van der Waals surface area contributed by atoms with Crippen molar-refractivity contribution in [2.24, 2.45) is 10.9 Å². The molecule has 0 radical (unpaired) electrons. The first-order chi connectivity index (χ1) is 13.2. The van der Waals surface area contributed by atoms with Gasteiger partial charge in [-0.05, 0) is 63.4 Å². The maximum atomic E-state index is 5.71. The molecule has 1 aliphatic rings. The average molecular weight is 377 g/mol. The van der Waals surface area contributed by atoms with Crippen molar-refractivity contribution < 1.29 is 9.47 Å². The van der Waals surface area contributed by atoms with Crippen LogP contribution in [0.3, 0.4) is 0 Å². The maximum Gasteiger partial charge on any atom is 0.190 e. The van der Waals surface area contributed by atoms with Crippen LogP contribution in [0.4, 0.5) is 0 Å². The lowest BCUT2D eigenvalue weighted by Crippen LogP contribution is -2.41. The van der Waals surface area contributed by atoms with E-state index in [0.29, 0.717) is 19.1 Å². The highest BCUT2D eigenvalue weighted by Crippen LogP contribution is 2.28. The molecule has 0 aromatic heterocycles. The summed E-state index contributed by atoms with van der Waals surface area (Å²) in [7, 11) is 1.83. The van der Waals surface area contributed by atoms with Gasteiger partial charge in [0.1, 0.15) is 0 Å². The predicted molar refractivity (Wildman–Crippen MR) is 112 cm³/mol. The molecule has 1 aromatic rings. The molecule has 1 aromatic carbocycles. The first-order valence-corrected chi connectivity index (χ1v) is 10.2. The second-order valence-corrected chi connectivity index (χ2v) is 6.82. The van der Waals surface area contributed by atoms with E-state index >= 15 is 0 Å². The number of rotatable bonds is 10. The van der Waals surface area contributed by atoms with E-state index in [2.05, 4.69) is 39.6 Å². The van der Waals surface area contributed by atoms with E-state index in [4.69, 9.17) is 9.47 Å². The molecular weight excluding hydrogens is 340 g/mol. The standard InChI is InChI=1S/C21H36N4O2/c1-5-25-13-11-18(16-25)15-24-21(22-4)23-12-10-17-8-9-19(26-6-2)20(14-17)27-7-3/h8-9,14,18H,5-7,10-13,15-16H2,1-4H3,(H2,22,23,24). The smallest absolute Gasteiger partial charge is 0.190 e. The van der Waals surface area contributed by atoms with Crippen molar-refractivity contribution in [1.29, 1.82) is 0 Å². The number of benzene rings is 1. The molecule has 1 fully saturated rings. The van der Waals surface area contributed by atoms with E-state index in [0.717, 1.165) is 43.5 Å². The molecule has 0 saturated carbocycles. The van der Waals surface area contributed by atoms with E-state index in [1.54, 1.807) is 0 Å². The Morgan fingerprint density at radius 1 is 1.15 bits per heavy atom. The van der Waals surface area contributed by atoms with Crippen LogP contribution in [0, 0.1) is 5.92 Å². The Balaban J connectivity index is 1.77. The van der Waals surface area contributed by atoms with Crippen molar-refractivity contribution >= 4 is 5.96 Å². The summed E-state index contributed by atoms with van der Waals surface area (Å²) < 4.78 is 11.3. The molecule has 0 spiro atoms. The van der Waals surface area contributed by atoms with Crippen LogP contribution in [0.5, 0.6) is 11.5 Å². The molecule has 0 amide bonds. The molecular formula is C21H36N4O2. The van der Waals surface area contributed by atoms with Crippen LogP contribution in [-0.2, 0) is 6.42 Å². The SMILES string of the molecule is CCOc1ccc(CCNC(=NC)NCC2CCN(CC)C2)cc1OCC. The topological polar surface area (TPSA) is 58.1 Å². The fourth-order valence-electron chi connectivity index (χ4n) is 3.40. The third-order valence-electron chi connectivity index (χ3n) is 4.91. The molecule has 27 heavy (non-hydrogen) atoms. The third-order valence-corrected chi connectivity index (χ3v) is 4.91. The fourth-order valence-corrected chi connectivity index (χ4v) is 3.40. The Kier molecular flexibility index (Phi) is 9.25. The summed E-state index contributed by atoms with van der Waals surface area (Å²) in [5, 5.41) is 6.88. The zero-order chi connectivity index (χ0) is 19.5. The van der Waals surface area contributed by atoms with Gasteiger partial charge in [0.2, 0.25) is 0 Å². The summed E-state index contributed by atoms with van der Waals surface area (Å²) in [5.41, 5.74) is 1.22. The monoisotopic (exact) mass is 376 g/mol. The number of likely N-dealkylation sites (tertiary alicyclic amines) is 1. The number of hydrogen-bond acceptors (Lipinski definition) is 4. The van der Waals surface area contributed by atoms with Gasteiger partial charge in [-0.2, -0.15) is 0 Å². The highest BCUT2D eigenvalue weighted by Gasteiger charge is 2.20. The minimum atomic E-state index is 0.634. The Bertz CT molecular complexity index is 592. The predicted octanol–water partition coefficient (Wildman–Crippen LogP) is 2.53. The van der Waals surface area contributed by atoms with Crippen molar-refractivity contribution in [1.82, 2.24) is 15.5 Å². The zero-order valence-electron chi connectivity index (χ0n) is 17.4. The Morgan fingerprint density at radius 2 is 1.93 bits per heavy atom. The lowest BCUT2D eigenvalue weighted by atomic mass is 10.1. The first kappa shape index (κ1) is 21.4. The van der Waals surface area contributed by atoms with Gasteiger partial charge >= 0.3 is 0 Å². The molecule has 0 aliphatic carbocycles. The van der Waals surface area contributed by atoms with Crippen molar-refractivity contribution in [2.45, 2.75) is 33.6 Å². The maximum absolute atomic E-state index is 5.71. The van der Waals surface area contributed by atoms with Crippen molar-refractivity contribution in [3.8, 4) is 11.5 Å². The molecule has 6 heteroatoms. The number of ether oxygens (including phenoxy) is 2. The van der Waals surface area contributed by atoms with E-state index in [1.165, 1.54) is 25.1 Å². The van der Waals surface area contributed by atoms with Crippen LogP contribution in [0.25, 0.3) is 0 Å². The second kappa shape index (κ2) is 11.7. The van der Waals surface area contributed by atoms with Gasteiger partial charge in [0, 0.05) is 26.7 Å². The van der Waals surface area contributed by atoms with Crippen molar-refractivity contribution in [2.75, 3.05) is 53.0 Å². The van der Waals surface area contributed by atoms with E-state index < -0.39 is 0 Å². The van der Waals surface area contributed by atoms with E-state index in [1.807, 2.05) is 27.0 Å². The lowest BCUT2D eigenvalue weighted by Gasteiger charge is -2.16. The van der Waals surface area contributed by atoms with Crippen LogP contribution in [-0.4, -0.2) is 63.8 Å². The van der Waals surface area contributed by atoms with Gasteiger partial charge < -0.3 is 25.0 Å². The number of nitrogens with one attached hydrogen (secondary N) is 2. The lowest BCUT2D eigenvalue weighted by molar-refractivity contribution is 0.287. The molecule has 1 unspecified atom stereocenters. The quantitative estimate of drug-likeness (QED) is 0.485.